The van der Waals surface area contributed by atoms with Gasteiger partial charge in [0.1, 0.15) is 0 Å². The highest BCUT2D eigenvalue weighted by Gasteiger charge is 2.44. The van der Waals surface area contributed by atoms with Crippen molar-refractivity contribution < 1.29 is 26.7 Å². The third-order valence-corrected chi connectivity index (χ3v) is 6.27. The van der Waals surface area contributed by atoms with Gasteiger partial charge in [0.2, 0.25) is 5.91 Å². The summed E-state index contributed by atoms with van der Waals surface area (Å²) in [4.78, 5) is 17.7. The van der Waals surface area contributed by atoms with E-state index in [0.717, 1.165) is 6.07 Å². The van der Waals surface area contributed by atoms with Crippen LogP contribution in [0.2, 0.25) is 0 Å². The van der Waals surface area contributed by atoms with Gasteiger partial charge >= 0.3 is 6.18 Å². The van der Waals surface area contributed by atoms with E-state index in [0.29, 0.717) is 39.1 Å². The fourth-order valence-electron chi connectivity index (χ4n) is 4.64. The van der Waals surface area contributed by atoms with Crippen molar-refractivity contribution in [2.75, 3.05) is 50.7 Å². The Bertz CT molecular complexity index is 779. The Morgan fingerprint density at radius 3 is 2.40 bits per heavy atom. The zero-order chi connectivity index (χ0) is 21.5. The summed E-state index contributed by atoms with van der Waals surface area (Å²) >= 11 is 0. The first kappa shape index (κ1) is 21.3. The highest BCUT2D eigenvalue weighted by molar-refractivity contribution is 5.82. The average molecular weight is 432 g/mol. The van der Waals surface area contributed by atoms with Crippen LogP contribution in [0.25, 0.3) is 0 Å². The van der Waals surface area contributed by atoms with Crippen molar-refractivity contribution in [1.82, 2.24) is 15.1 Å². The predicted octanol–water partition coefficient (Wildman–Crippen LogP) is 2.43. The maximum Gasteiger partial charge on any atom is 0.418 e. The molecule has 0 unspecified atom stereocenters. The summed E-state index contributed by atoms with van der Waals surface area (Å²) in [6.45, 7) is 2.21. The van der Waals surface area contributed by atoms with Crippen LogP contribution in [0, 0.1) is 0 Å². The van der Waals surface area contributed by atoms with Crippen LogP contribution in [-0.2, 0) is 11.0 Å². The van der Waals surface area contributed by atoms with E-state index in [1.165, 1.54) is 17.0 Å². The predicted molar refractivity (Wildman–Crippen MR) is 102 cm³/mol. The SMILES string of the molecule is O=C([C@@H]1C[C@H](N2CCN(c3ccccc3C(F)(F)F)CC2)CN1)N1CCC(F)(F)C1. The molecule has 166 valence electrons. The zero-order valence-corrected chi connectivity index (χ0v) is 16.5. The Labute approximate surface area is 171 Å². The minimum Gasteiger partial charge on any atom is -0.368 e. The molecule has 0 saturated carbocycles. The molecule has 0 aliphatic carbocycles. The fourth-order valence-corrected chi connectivity index (χ4v) is 4.64. The molecule has 0 spiro atoms. The molecule has 1 amide bonds. The number of anilines is 1. The first-order valence-electron chi connectivity index (χ1n) is 10.2. The molecule has 0 bridgehead atoms. The standard InChI is InChI=1S/C20H25F5N4O/c21-19(22)5-6-29(13-19)18(30)16-11-14(12-26-16)27-7-9-28(10-8-27)17-4-2-1-3-15(17)20(23,24)25/h1-4,14,16,26H,5-13H2/t14-,16-/m0/s1. The lowest BCUT2D eigenvalue weighted by Crippen LogP contribution is -2.51. The molecule has 3 heterocycles. The molecular weight excluding hydrogens is 407 g/mol. The van der Waals surface area contributed by atoms with Gasteiger partial charge < -0.3 is 15.1 Å². The van der Waals surface area contributed by atoms with E-state index in [-0.39, 0.29) is 30.6 Å². The monoisotopic (exact) mass is 432 g/mol. The van der Waals surface area contributed by atoms with Crippen LogP contribution in [0.5, 0.6) is 0 Å². The Balaban J connectivity index is 1.32. The number of rotatable bonds is 3. The van der Waals surface area contributed by atoms with Gasteiger partial charge in [0.15, 0.2) is 0 Å². The van der Waals surface area contributed by atoms with E-state index in [4.69, 9.17) is 0 Å². The second-order valence-electron chi connectivity index (χ2n) is 8.25. The Hall–Kier alpha value is -1.94. The van der Waals surface area contributed by atoms with Crippen LogP contribution < -0.4 is 10.2 Å². The van der Waals surface area contributed by atoms with E-state index in [1.54, 1.807) is 11.0 Å². The van der Waals surface area contributed by atoms with Crippen molar-refractivity contribution in [3.8, 4) is 0 Å². The summed E-state index contributed by atoms with van der Waals surface area (Å²) in [5.74, 6) is -3.09. The largest absolute Gasteiger partial charge is 0.418 e. The molecule has 3 fully saturated rings. The van der Waals surface area contributed by atoms with Crippen molar-refractivity contribution in [3.05, 3.63) is 29.8 Å². The van der Waals surface area contributed by atoms with Crippen molar-refractivity contribution >= 4 is 11.6 Å². The number of carbonyl (C=O) groups is 1. The van der Waals surface area contributed by atoms with Crippen LogP contribution in [0.4, 0.5) is 27.6 Å². The normalized spacial score (nSPS) is 27.6. The van der Waals surface area contributed by atoms with Crippen molar-refractivity contribution in [3.63, 3.8) is 0 Å². The molecule has 3 saturated heterocycles. The molecule has 0 aromatic heterocycles. The molecule has 5 nitrogen and oxygen atoms in total. The Morgan fingerprint density at radius 2 is 1.77 bits per heavy atom. The minimum atomic E-state index is -4.40. The van der Waals surface area contributed by atoms with Gasteiger partial charge in [-0.25, -0.2) is 8.78 Å². The third-order valence-electron chi connectivity index (χ3n) is 6.27. The Morgan fingerprint density at radius 1 is 1.07 bits per heavy atom. The third kappa shape index (κ3) is 4.39. The summed E-state index contributed by atoms with van der Waals surface area (Å²) in [6, 6.07) is 5.18. The van der Waals surface area contributed by atoms with Crippen LogP contribution >= 0.6 is 0 Å². The number of amides is 1. The number of hydrogen-bond donors (Lipinski definition) is 1. The molecule has 30 heavy (non-hydrogen) atoms. The molecule has 10 heteroatoms. The molecule has 1 N–H and O–H groups in total. The average Bonchev–Trinajstić information content (AvgIpc) is 3.34. The van der Waals surface area contributed by atoms with E-state index in [2.05, 4.69) is 10.2 Å². The van der Waals surface area contributed by atoms with Gasteiger partial charge in [-0.1, -0.05) is 12.1 Å². The van der Waals surface area contributed by atoms with Crippen molar-refractivity contribution in [2.45, 2.75) is 37.0 Å². The molecule has 3 aliphatic rings. The van der Waals surface area contributed by atoms with E-state index in [9.17, 15) is 26.7 Å². The topological polar surface area (TPSA) is 38.8 Å². The van der Waals surface area contributed by atoms with E-state index >= 15 is 0 Å². The van der Waals surface area contributed by atoms with Gasteiger partial charge in [-0.2, -0.15) is 13.2 Å². The van der Waals surface area contributed by atoms with Crippen LogP contribution in [0.1, 0.15) is 18.4 Å². The number of carbonyl (C=O) groups excluding carboxylic acids is 1. The summed E-state index contributed by atoms with van der Waals surface area (Å²) in [7, 11) is 0. The lowest BCUT2D eigenvalue weighted by Gasteiger charge is -2.39. The molecule has 1 aromatic rings. The van der Waals surface area contributed by atoms with Gasteiger partial charge in [-0.05, 0) is 18.6 Å². The second kappa shape index (κ2) is 7.96. The number of piperazine rings is 1. The van der Waals surface area contributed by atoms with Gasteiger partial charge in [-0.3, -0.25) is 9.69 Å². The maximum absolute atomic E-state index is 13.4. The van der Waals surface area contributed by atoms with Crippen molar-refractivity contribution in [2.24, 2.45) is 0 Å². The maximum atomic E-state index is 13.4. The number of nitrogens with one attached hydrogen (secondary N) is 1. The first-order valence-corrected chi connectivity index (χ1v) is 10.2. The number of alkyl halides is 5. The second-order valence-corrected chi connectivity index (χ2v) is 8.25. The van der Waals surface area contributed by atoms with Gasteiger partial charge in [0.05, 0.1) is 18.2 Å². The molecule has 1 aromatic carbocycles. The summed E-state index contributed by atoms with van der Waals surface area (Å²) in [6.07, 6.45) is -4.17. The Kier molecular flexibility index (Phi) is 5.65. The summed E-state index contributed by atoms with van der Waals surface area (Å²) in [5, 5.41) is 3.14. The van der Waals surface area contributed by atoms with E-state index in [1.807, 2.05) is 0 Å². The lowest BCUT2D eigenvalue weighted by atomic mass is 10.1. The first-order chi connectivity index (χ1) is 14.1. The highest BCUT2D eigenvalue weighted by Crippen LogP contribution is 2.37. The number of halogens is 5. The molecule has 0 radical (unpaired) electrons. The van der Waals surface area contributed by atoms with Crippen molar-refractivity contribution in [1.29, 1.82) is 0 Å². The minimum absolute atomic E-state index is 0.0714. The van der Waals surface area contributed by atoms with Gasteiger partial charge in [-0.15, -0.1) is 0 Å². The van der Waals surface area contributed by atoms with Gasteiger partial charge in [0.25, 0.3) is 5.92 Å². The number of benzene rings is 1. The molecule has 3 aliphatic heterocycles. The van der Waals surface area contributed by atoms with Crippen LogP contribution in [0.15, 0.2) is 24.3 Å². The number of nitrogens with zero attached hydrogens (tertiary/aromatic N) is 3. The summed E-state index contributed by atoms with van der Waals surface area (Å²) in [5.41, 5.74) is -0.439. The number of likely N-dealkylation sites (tertiary alicyclic amines) is 1. The van der Waals surface area contributed by atoms with E-state index < -0.39 is 30.2 Å². The lowest BCUT2D eigenvalue weighted by molar-refractivity contribution is -0.137. The molecular formula is C20H25F5N4O. The molecule has 2 atom stereocenters. The molecule has 4 rings (SSSR count). The van der Waals surface area contributed by atoms with Crippen LogP contribution in [-0.4, -0.2) is 79.5 Å². The number of hydrogen-bond acceptors (Lipinski definition) is 4. The summed E-state index contributed by atoms with van der Waals surface area (Å²) < 4.78 is 66.7. The van der Waals surface area contributed by atoms with Crippen LogP contribution in [0.3, 0.4) is 0 Å². The fraction of sp³-hybridized carbons (Fsp3) is 0.650. The smallest absolute Gasteiger partial charge is 0.368 e. The van der Waals surface area contributed by atoms with Gasteiger partial charge in [0, 0.05) is 57.4 Å². The quantitative estimate of drug-likeness (QED) is 0.745. The highest BCUT2D eigenvalue weighted by atomic mass is 19.4. The number of para-hydroxylation sites is 1. The zero-order valence-electron chi connectivity index (χ0n) is 16.5.